The zero-order valence-corrected chi connectivity index (χ0v) is 18.2. The van der Waals surface area contributed by atoms with Gasteiger partial charge in [-0.3, -0.25) is 19.3 Å². The van der Waals surface area contributed by atoms with Crippen molar-refractivity contribution in [2.45, 2.75) is 31.6 Å². The van der Waals surface area contributed by atoms with Crippen LogP contribution in [0.15, 0.2) is 45.5 Å². The van der Waals surface area contributed by atoms with Crippen molar-refractivity contribution >= 4 is 29.1 Å². The van der Waals surface area contributed by atoms with Gasteiger partial charge in [-0.15, -0.1) is 10.2 Å². The quantitative estimate of drug-likeness (QED) is 0.533. The minimum Gasteiger partial charge on any atom is -0.420 e. The van der Waals surface area contributed by atoms with E-state index in [1.807, 2.05) is 21.7 Å². The third-order valence-corrected chi connectivity index (χ3v) is 6.67. The van der Waals surface area contributed by atoms with E-state index in [1.165, 1.54) is 4.90 Å². The van der Waals surface area contributed by atoms with Crippen molar-refractivity contribution < 1.29 is 18.8 Å². The van der Waals surface area contributed by atoms with Crippen molar-refractivity contribution in [2.24, 2.45) is 0 Å². The Bertz CT molecular complexity index is 1120. The summed E-state index contributed by atoms with van der Waals surface area (Å²) in [5, 5.41) is 12.3. The Morgan fingerprint density at radius 2 is 1.91 bits per heavy atom. The normalized spacial score (nSPS) is 18.3. The number of rotatable bonds is 6. The lowest BCUT2D eigenvalue weighted by Gasteiger charge is -2.31. The van der Waals surface area contributed by atoms with Crippen LogP contribution in [0.25, 0.3) is 11.5 Å². The summed E-state index contributed by atoms with van der Waals surface area (Å²) in [7, 11) is 0. The van der Waals surface area contributed by atoms with Crippen LogP contribution in [-0.2, 0) is 4.79 Å². The van der Waals surface area contributed by atoms with Crippen LogP contribution >= 0.6 is 11.3 Å². The number of amides is 3. The van der Waals surface area contributed by atoms with Crippen LogP contribution in [0, 0.1) is 0 Å². The Balaban J connectivity index is 1.15. The van der Waals surface area contributed by atoms with Gasteiger partial charge in [0.05, 0.1) is 17.0 Å². The topological polar surface area (TPSA) is 96.6 Å². The van der Waals surface area contributed by atoms with Crippen molar-refractivity contribution in [1.82, 2.24) is 20.0 Å². The number of benzene rings is 1. The van der Waals surface area contributed by atoms with Crippen LogP contribution < -0.4 is 0 Å². The number of hydrogen-bond donors (Lipinski definition) is 0. The standard InChI is InChI=1S/C23H22N4O4S/c28-19(8-4-11-27-22(29)17-6-1-2-7-18(17)23(27)30)26-10-3-5-15(13-26)20-24-25-21(31-20)16-9-12-32-14-16/h1-2,6-7,9,12,14-15H,3-5,8,10-11,13H2. The summed E-state index contributed by atoms with van der Waals surface area (Å²) in [6.07, 6.45) is 2.48. The van der Waals surface area contributed by atoms with Gasteiger partial charge in [-0.05, 0) is 42.8 Å². The lowest BCUT2D eigenvalue weighted by molar-refractivity contribution is -0.132. The molecule has 1 atom stereocenters. The van der Waals surface area contributed by atoms with E-state index in [-0.39, 0.29) is 36.6 Å². The van der Waals surface area contributed by atoms with E-state index < -0.39 is 0 Å². The lowest BCUT2D eigenvalue weighted by atomic mass is 9.97. The Morgan fingerprint density at radius 3 is 2.62 bits per heavy atom. The molecule has 0 N–H and O–H groups in total. The first kappa shape index (κ1) is 20.6. The molecule has 1 aromatic carbocycles. The molecule has 2 aliphatic heterocycles. The molecule has 2 aliphatic rings. The molecule has 3 amide bonds. The first-order valence-corrected chi connectivity index (χ1v) is 11.6. The second kappa shape index (κ2) is 8.66. The maximum absolute atomic E-state index is 12.8. The molecule has 8 nitrogen and oxygen atoms in total. The van der Waals surface area contributed by atoms with E-state index >= 15 is 0 Å². The van der Waals surface area contributed by atoms with Crippen LogP contribution in [0.1, 0.15) is 58.2 Å². The predicted molar refractivity (Wildman–Crippen MR) is 117 cm³/mol. The molecular formula is C23H22N4O4S. The monoisotopic (exact) mass is 450 g/mol. The number of likely N-dealkylation sites (tertiary alicyclic amines) is 1. The van der Waals surface area contributed by atoms with Crippen molar-refractivity contribution in [3.63, 3.8) is 0 Å². The average Bonchev–Trinajstić information content (AvgIpc) is 3.57. The summed E-state index contributed by atoms with van der Waals surface area (Å²) >= 11 is 1.57. The van der Waals surface area contributed by atoms with Gasteiger partial charge < -0.3 is 9.32 Å². The fraction of sp³-hybridized carbons (Fsp3) is 0.348. The molecule has 9 heteroatoms. The predicted octanol–water partition coefficient (Wildman–Crippen LogP) is 3.58. The van der Waals surface area contributed by atoms with Crippen molar-refractivity contribution in [3.05, 3.63) is 58.1 Å². The molecule has 32 heavy (non-hydrogen) atoms. The summed E-state index contributed by atoms with van der Waals surface area (Å²) in [5.41, 5.74) is 1.78. The van der Waals surface area contributed by atoms with Gasteiger partial charge >= 0.3 is 0 Å². The van der Waals surface area contributed by atoms with Crippen molar-refractivity contribution in [2.75, 3.05) is 19.6 Å². The number of hydrogen-bond acceptors (Lipinski definition) is 7. The molecule has 5 rings (SSSR count). The molecular weight excluding hydrogens is 428 g/mol. The van der Waals surface area contributed by atoms with E-state index in [1.54, 1.807) is 35.6 Å². The fourth-order valence-electron chi connectivity index (χ4n) is 4.30. The van der Waals surface area contributed by atoms with Gasteiger partial charge in [0, 0.05) is 37.0 Å². The Morgan fingerprint density at radius 1 is 1.12 bits per heavy atom. The molecule has 0 radical (unpaired) electrons. The molecule has 3 aromatic rings. The first-order chi connectivity index (χ1) is 15.6. The number of imide groups is 1. The molecule has 164 valence electrons. The molecule has 1 fully saturated rings. The molecule has 1 unspecified atom stereocenters. The summed E-state index contributed by atoms with van der Waals surface area (Å²) in [4.78, 5) is 40.8. The van der Waals surface area contributed by atoms with E-state index in [0.29, 0.717) is 42.4 Å². The van der Waals surface area contributed by atoms with Crippen molar-refractivity contribution in [3.8, 4) is 11.5 Å². The van der Waals surface area contributed by atoms with Gasteiger partial charge in [0.2, 0.25) is 17.7 Å². The van der Waals surface area contributed by atoms with Gasteiger partial charge in [-0.25, -0.2) is 0 Å². The van der Waals surface area contributed by atoms with Crippen LogP contribution in [-0.4, -0.2) is 57.4 Å². The maximum atomic E-state index is 12.8. The minimum absolute atomic E-state index is 0.0174. The summed E-state index contributed by atoms with van der Waals surface area (Å²) < 4.78 is 5.86. The van der Waals surface area contributed by atoms with Gasteiger partial charge in [-0.2, -0.15) is 11.3 Å². The third kappa shape index (κ3) is 3.84. The number of aromatic nitrogens is 2. The van der Waals surface area contributed by atoms with Crippen LogP contribution in [0.2, 0.25) is 0 Å². The van der Waals surface area contributed by atoms with E-state index in [0.717, 1.165) is 18.4 Å². The molecule has 0 saturated carbocycles. The zero-order valence-electron chi connectivity index (χ0n) is 17.4. The molecule has 0 spiro atoms. The van der Waals surface area contributed by atoms with E-state index in [4.69, 9.17) is 4.42 Å². The molecule has 0 aliphatic carbocycles. The highest BCUT2D eigenvalue weighted by molar-refractivity contribution is 7.08. The first-order valence-electron chi connectivity index (χ1n) is 10.7. The average molecular weight is 451 g/mol. The van der Waals surface area contributed by atoms with Crippen LogP contribution in [0.4, 0.5) is 0 Å². The number of carbonyl (C=O) groups is 3. The van der Waals surface area contributed by atoms with Gasteiger partial charge in [0.25, 0.3) is 11.8 Å². The Hall–Kier alpha value is -3.33. The smallest absolute Gasteiger partial charge is 0.261 e. The highest BCUT2D eigenvalue weighted by Gasteiger charge is 2.35. The second-order valence-electron chi connectivity index (χ2n) is 8.05. The largest absolute Gasteiger partial charge is 0.420 e. The number of nitrogens with zero attached hydrogens (tertiary/aromatic N) is 4. The highest BCUT2D eigenvalue weighted by Crippen LogP contribution is 2.29. The fourth-order valence-corrected chi connectivity index (χ4v) is 4.93. The third-order valence-electron chi connectivity index (χ3n) is 5.98. The summed E-state index contributed by atoms with van der Waals surface area (Å²) in [5.74, 6) is 0.538. The number of piperidine rings is 1. The van der Waals surface area contributed by atoms with Crippen LogP contribution in [0.5, 0.6) is 0 Å². The Labute approximate surface area is 188 Å². The number of fused-ring (bicyclic) bond motifs is 1. The van der Waals surface area contributed by atoms with E-state index in [2.05, 4.69) is 10.2 Å². The highest BCUT2D eigenvalue weighted by atomic mass is 32.1. The zero-order chi connectivity index (χ0) is 22.1. The van der Waals surface area contributed by atoms with Gasteiger partial charge in [0.15, 0.2) is 0 Å². The summed E-state index contributed by atoms with van der Waals surface area (Å²) in [6.45, 7) is 1.47. The van der Waals surface area contributed by atoms with Crippen molar-refractivity contribution in [1.29, 1.82) is 0 Å². The molecule has 0 bridgehead atoms. The van der Waals surface area contributed by atoms with E-state index in [9.17, 15) is 14.4 Å². The Kier molecular flexibility index (Phi) is 5.57. The lowest BCUT2D eigenvalue weighted by Crippen LogP contribution is -2.39. The SMILES string of the molecule is O=C(CCCN1C(=O)c2ccccc2C1=O)N1CCCC(c2nnc(-c3ccsc3)o2)C1. The van der Waals surface area contributed by atoms with Gasteiger partial charge in [-0.1, -0.05) is 12.1 Å². The number of carbonyl (C=O) groups excluding carboxylic acids is 3. The minimum atomic E-state index is -0.283. The van der Waals surface area contributed by atoms with Crippen LogP contribution in [0.3, 0.4) is 0 Å². The second-order valence-corrected chi connectivity index (χ2v) is 8.83. The molecule has 1 saturated heterocycles. The number of thiophene rings is 1. The van der Waals surface area contributed by atoms with Gasteiger partial charge in [0.1, 0.15) is 0 Å². The maximum Gasteiger partial charge on any atom is 0.261 e. The summed E-state index contributed by atoms with van der Waals surface area (Å²) in [6, 6.07) is 8.76. The molecule has 2 aromatic heterocycles. The molecule has 4 heterocycles.